The van der Waals surface area contributed by atoms with Crippen LogP contribution in [0.3, 0.4) is 0 Å². The average Bonchev–Trinajstić information content (AvgIpc) is 3.77. The number of sulfonamides is 1. The maximum absolute atomic E-state index is 14.0. The normalized spacial score (nSPS) is 18.1. The quantitative estimate of drug-likeness (QED) is 0.0839. The largest absolute Gasteiger partial charge is 0.485 e. The third kappa shape index (κ3) is 11.5. The van der Waals surface area contributed by atoms with Crippen LogP contribution in [0.25, 0.3) is 16.6 Å². The van der Waals surface area contributed by atoms with E-state index in [4.69, 9.17) is 30.5 Å². The minimum Gasteiger partial charge on any atom is -0.485 e. The number of H-pyrrole nitrogens is 1. The Morgan fingerprint density at radius 3 is 2.50 bits per heavy atom. The van der Waals surface area contributed by atoms with Gasteiger partial charge in [-0.1, -0.05) is 43.2 Å². The molecule has 0 bridgehead atoms. The van der Waals surface area contributed by atoms with Gasteiger partial charge in [0.05, 0.1) is 40.8 Å². The Bertz CT molecular complexity index is 2840. The third-order valence-electron chi connectivity index (χ3n) is 12.3. The van der Waals surface area contributed by atoms with Crippen LogP contribution in [0, 0.1) is 15.5 Å². The predicted octanol–water partition coefficient (Wildman–Crippen LogP) is 8.84. The summed E-state index contributed by atoms with van der Waals surface area (Å²) in [7, 11) is -4.69. The summed E-state index contributed by atoms with van der Waals surface area (Å²) in [6, 6.07) is 19.1. The van der Waals surface area contributed by atoms with Crippen LogP contribution in [0.15, 0.2) is 95.7 Å². The zero-order valence-electron chi connectivity index (χ0n) is 38.8. The summed E-state index contributed by atoms with van der Waals surface area (Å²) in [5.74, 6) is -0.863. The number of allylic oxidation sites excluding steroid dienone is 1. The molecule has 2 N–H and O–H groups in total. The molecule has 2 fully saturated rings. The van der Waals surface area contributed by atoms with E-state index in [1.165, 1.54) is 33.9 Å². The number of pyridine rings is 1. The molecule has 19 heteroatoms. The van der Waals surface area contributed by atoms with Gasteiger partial charge in [-0.15, -0.1) is 0 Å². The molecule has 8 rings (SSSR count). The summed E-state index contributed by atoms with van der Waals surface area (Å²) in [5.41, 5.74) is 4.17. The number of piperazine rings is 1. The monoisotopic (exact) mass is 969 g/mol. The number of nitro groups is 1. The molecule has 1 atom stereocenters. The van der Waals surface area contributed by atoms with E-state index in [2.05, 4.69) is 50.5 Å². The first-order valence-electron chi connectivity index (χ1n) is 22.6. The second-order valence-corrected chi connectivity index (χ2v) is 21.2. The molecule has 4 heterocycles. The molecule has 2 aliphatic heterocycles. The van der Waals surface area contributed by atoms with E-state index in [0.717, 1.165) is 68.2 Å². The van der Waals surface area contributed by atoms with Gasteiger partial charge in [0.25, 0.3) is 15.9 Å². The van der Waals surface area contributed by atoms with Gasteiger partial charge in [-0.2, -0.15) is 0 Å². The minimum absolute atomic E-state index is 0.0822. The fraction of sp³-hybridized carbons (Fsp3) is 0.408. The summed E-state index contributed by atoms with van der Waals surface area (Å²) in [4.78, 5) is 51.4. The molecular formula is C49H56ClN7O10S. The summed E-state index contributed by atoms with van der Waals surface area (Å²) in [5, 5.41) is 13.8. The number of ether oxygens (including phenoxy) is 4. The van der Waals surface area contributed by atoms with E-state index in [0.29, 0.717) is 29.5 Å². The molecule has 1 aliphatic carbocycles. The molecule has 3 aliphatic rings. The van der Waals surface area contributed by atoms with Gasteiger partial charge in [-0.05, 0) is 105 Å². The first-order chi connectivity index (χ1) is 32.3. The van der Waals surface area contributed by atoms with Gasteiger partial charge in [-0.25, -0.2) is 22.9 Å². The summed E-state index contributed by atoms with van der Waals surface area (Å²) >= 11 is 6.25. The number of benzene rings is 3. The summed E-state index contributed by atoms with van der Waals surface area (Å²) < 4.78 is 52.9. The van der Waals surface area contributed by atoms with Gasteiger partial charge >= 0.3 is 11.8 Å². The molecule has 360 valence electrons. The lowest BCUT2D eigenvalue weighted by atomic mass is 9.72. The van der Waals surface area contributed by atoms with E-state index >= 15 is 0 Å². The van der Waals surface area contributed by atoms with Gasteiger partial charge in [0, 0.05) is 73.7 Å². The smallest absolute Gasteiger partial charge is 0.410 e. The van der Waals surface area contributed by atoms with Gasteiger partial charge < -0.3 is 28.8 Å². The number of amides is 2. The topological polar surface area (TPSA) is 199 Å². The number of aromatic amines is 1. The highest BCUT2D eigenvalue weighted by molar-refractivity contribution is 7.90. The molecule has 2 amide bonds. The molecule has 0 spiro atoms. The zero-order chi connectivity index (χ0) is 48.4. The van der Waals surface area contributed by atoms with Crippen molar-refractivity contribution in [1.29, 1.82) is 0 Å². The van der Waals surface area contributed by atoms with Crippen LogP contribution in [0.4, 0.5) is 16.2 Å². The predicted molar refractivity (Wildman–Crippen MR) is 258 cm³/mol. The van der Waals surface area contributed by atoms with E-state index < -0.39 is 49.2 Å². The number of carbonyl (C=O) groups is 2. The highest BCUT2D eigenvalue weighted by atomic mass is 35.5. The number of nitrogens with zero attached hydrogens (tertiary/aromatic N) is 5. The number of carbonyl (C=O) groups excluding carboxylic acids is 2. The third-order valence-corrected chi connectivity index (χ3v) is 13.9. The Hall–Kier alpha value is -6.21. The molecule has 0 radical (unpaired) electrons. The lowest BCUT2D eigenvalue weighted by Gasteiger charge is -2.39. The SMILES string of the molecule is CC1(C)CCC(CN2CCN(c3ccc(C(=O)NS(=O)(=O)c4ccc(OCC5COCCN5C(=O)OC(C)(C)C)c([N+](=O)[O-])c4)c(Oc4cnc5[nH]ccc5c4)c3)CC2)=C(c2ccc(Cl)cc2)C1. The Morgan fingerprint density at radius 1 is 1.00 bits per heavy atom. The Labute approximate surface area is 400 Å². The lowest BCUT2D eigenvalue weighted by molar-refractivity contribution is -0.386. The minimum atomic E-state index is -4.69. The standard InChI is InChI=1S/C49H56ClN7O10S/c1-48(2,3)67-47(59)56-22-23-64-30-37(56)31-65-43-13-11-39(26-42(43)57(60)61)68(62,63)53-46(58)40-12-10-36(25-44(40)66-38-24-33-15-17-51-45(33)52-28-38)55-20-18-54(19-21-55)29-34-14-16-49(4,5)27-41(34)32-6-8-35(50)9-7-32/h6-13,15,17,24-26,28,37H,14,16,18-23,27,29-31H2,1-5H3,(H,51,52)(H,53,58). The zero-order valence-corrected chi connectivity index (χ0v) is 40.3. The fourth-order valence-electron chi connectivity index (χ4n) is 8.68. The number of nitrogens with one attached hydrogen (secondary N) is 2. The van der Waals surface area contributed by atoms with Crippen molar-refractivity contribution in [3.8, 4) is 17.2 Å². The van der Waals surface area contributed by atoms with Crippen molar-refractivity contribution in [2.75, 3.05) is 64.0 Å². The molecule has 2 aromatic heterocycles. The van der Waals surface area contributed by atoms with Crippen molar-refractivity contribution >= 4 is 61.6 Å². The van der Waals surface area contributed by atoms with Crippen LogP contribution < -0.4 is 19.1 Å². The Morgan fingerprint density at radius 2 is 1.76 bits per heavy atom. The van der Waals surface area contributed by atoms with E-state index in [1.807, 2.05) is 18.2 Å². The molecule has 17 nitrogen and oxygen atoms in total. The van der Waals surface area contributed by atoms with Gasteiger partial charge in [0.1, 0.15) is 29.4 Å². The number of morpholine rings is 1. The van der Waals surface area contributed by atoms with Gasteiger partial charge in [0.2, 0.25) is 0 Å². The van der Waals surface area contributed by atoms with E-state index in [9.17, 15) is 28.1 Å². The number of fused-ring (bicyclic) bond motifs is 1. The number of halogens is 1. The average molecular weight is 971 g/mol. The van der Waals surface area contributed by atoms with Gasteiger partial charge in [-0.3, -0.25) is 24.7 Å². The number of rotatable bonds is 13. The number of hydrogen-bond acceptors (Lipinski definition) is 13. The molecule has 68 heavy (non-hydrogen) atoms. The lowest BCUT2D eigenvalue weighted by Crippen LogP contribution is -2.52. The van der Waals surface area contributed by atoms with Crippen LogP contribution in [0.5, 0.6) is 17.2 Å². The van der Waals surface area contributed by atoms with Crippen LogP contribution in [0.1, 0.15) is 69.8 Å². The summed E-state index contributed by atoms with van der Waals surface area (Å²) in [6.07, 6.45) is 5.80. The van der Waals surface area contributed by atoms with Crippen molar-refractivity contribution in [1.82, 2.24) is 24.5 Å². The second kappa shape index (κ2) is 19.8. The second-order valence-electron chi connectivity index (χ2n) is 19.1. The molecule has 0 saturated carbocycles. The van der Waals surface area contributed by atoms with E-state index in [-0.39, 0.29) is 48.8 Å². The molecule has 1 unspecified atom stereocenters. The van der Waals surface area contributed by atoms with E-state index in [1.54, 1.807) is 45.2 Å². The molecular weight excluding hydrogens is 914 g/mol. The van der Waals surface area contributed by atoms with Crippen LogP contribution in [0.2, 0.25) is 5.02 Å². The van der Waals surface area contributed by atoms with Crippen molar-refractivity contribution in [2.24, 2.45) is 5.41 Å². The highest BCUT2D eigenvalue weighted by Gasteiger charge is 2.34. The Kier molecular flexibility index (Phi) is 14.0. The van der Waals surface area contributed by atoms with Crippen molar-refractivity contribution in [3.05, 3.63) is 117 Å². The number of aromatic nitrogens is 2. The summed E-state index contributed by atoms with van der Waals surface area (Å²) in [6.45, 7) is 14.1. The van der Waals surface area contributed by atoms with Crippen molar-refractivity contribution < 1.29 is 41.9 Å². The highest BCUT2D eigenvalue weighted by Crippen LogP contribution is 2.43. The molecule has 3 aromatic carbocycles. The fourth-order valence-corrected chi connectivity index (χ4v) is 9.80. The Balaban J connectivity index is 0.989. The first kappa shape index (κ1) is 48.3. The first-order valence-corrected chi connectivity index (χ1v) is 24.4. The van der Waals surface area contributed by atoms with Crippen LogP contribution in [-0.4, -0.2) is 116 Å². The van der Waals surface area contributed by atoms with Crippen molar-refractivity contribution in [2.45, 2.75) is 70.4 Å². The number of hydrogen-bond donors (Lipinski definition) is 2. The maximum atomic E-state index is 14.0. The molecule has 2 saturated heterocycles. The molecule has 5 aromatic rings. The van der Waals surface area contributed by atoms with Crippen molar-refractivity contribution in [3.63, 3.8) is 0 Å². The van der Waals surface area contributed by atoms with Crippen LogP contribution in [-0.2, 0) is 19.5 Å². The number of anilines is 1. The number of nitro benzene ring substituents is 1. The maximum Gasteiger partial charge on any atom is 0.410 e. The van der Waals surface area contributed by atoms with Gasteiger partial charge in [0.15, 0.2) is 5.75 Å². The van der Waals surface area contributed by atoms with Crippen LogP contribution >= 0.6 is 11.6 Å².